The molecular formula is C22H26O5. The van der Waals surface area contributed by atoms with Gasteiger partial charge in [-0.3, -0.25) is 4.79 Å². The van der Waals surface area contributed by atoms with E-state index in [0.717, 1.165) is 29.7 Å². The van der Waals surface area contributed by atoms with E-state index in [2.05, 4.69) is 0 Å². The third-order valence-electron chi connectivity index (χ3n) is 5.07. The lowest BCUT2D eigenvalue weighted by atomic mass is 9.86. The molecule has 5 nitrogen and oxygen atoms in total. The minimum absolute atomic E-state index is 0.0470. The predicted molar refractivity (Wildman–Crippen MR) is 103 cm³/mol. The van der Waals surface area contributed by atoms with E-state index in [0.29, 0.717) is 35.9 Å². The molecule has 0 spiro atoms. The fourth-order valence-electron chi connectivity index (χ4n) is 3.64. The van der Waals surface area contributed by atoms with Gasteiger partial charge < -0.3 is 18.9 Å². The molecule has 2 aliphatic rings. The van der Waals surface area contributed by atoms with E-state index in [1.54, 1.807) is 21.3 Å². The van der Waals surface area contributed by atoms with Crippen molar-refractivity contribution in [2.24, 2.45) is 0 Å². The molecular weight excluding hydrogens is 344 g/mol. The van der Waals surface area contributed by atoms with Gasteiger partial charge in [-0.15, -0.1) is 0 Å². The van der Waals surface area contributed by atoms with Crippen LogP contribution in [0.4, 0.5) is 0 Å². The number of rotatable bonds is 4. The Morgan fingerprint density at radius 3 is 2.52 bits per heavy atom. The maximum Gasteiger partial charge on any atom is 0.173 e. The van der Waals surface area contributed by atoms with Crippen molar-refractivity contribution in [3.05, 3.63) is 58.6 Å². The molecule has 1 fully saturated rings. The summed E-state index contributed by atoms with van der Waals surface area (Å²) >= 11 is 0. The van der Waals surface area contributed by atoms with Gasteiger partial charge in [-0.05, 0) is 50.5 Å². The molecule has 1 heterocycles. The Labute approximate surface area is 160 Å². The number of allylic oxidation sites excluding steroid dienone is 4. The molecule has 0 bridgehead atoms. The lowest BCUT2D eigenvalue weighted by Gasteiger charge is -2.19. The summed E-state index contributed by atoms with van der Waals surface area (Å²) in [6, 6.07) is 5.56. The normalized spacial score (nSPS) is 26.8. The quantitative estimate of drug-likeness (QED) is 0.791. The van der Waals surface area contributed by atoms with Gasteiger partial charge in [0, 0.05) is 11.1 Å². The van der Waals surface area contributed by atoms with Crippen LogP contribution in [0.2, 0.25) is 0 Å². The van der Waals surface area contributed by atoms with Gasteiger partial charge in [-0.2, -0.15) is 0 Å². The number of carbonyl (C=O) groups excluding carboxylic acids is 1. The second-order valence-electron chi connectivity index (χ2n) is 6.58. The van der Waals surface area contributed by atoms with E-state index in [4.69, 9.17) is 18.9 Å². The molecule has 0 N–H and O–H groups in total. The third-order valence-corrected chi connectivity index (χ3v) is 5.07. The third kappa shape index (κ3) is 3.72. The first-order valence-electron chi connectivity index (χ1n) is 9.15. The highest BCUT2D eigenvalue weighted by molar-refractivity contribution is 6.04. The van der Waals surface area contributed by atoms with E-state index in [-0.39, 0.29) is 11.7 Å². The Morgan fingerprint density at radius 1 is 1.04 bits per heavy atom. The molecule has 0 aromatic heterocycles. The van der Waals surface area contributed by atoms with Crippen LogP contribution < -0.4 is 9.47 Å². The number of ether oxygens (including phenoxy) is 4. The largest absolute Gasteiger partial charge is 0.497 e. The summed E-state index contributed by atoms with van der Waals surface area (Å²) in [5.74, 6) is 2.47. The molecule has 5 heteroatoms. The monoisotopic (exact) mass is 370 g/mol. The first-order valence-corrected chi connectivity index (χ1v) is 9.15. The molecule has 27 heavy (non-hydrogen) atoms. The average Bonchev–Trinajstić information content (AvgIpc) is 2.84. The zero-order chi connectivity index (χ0) is 19.4. The van der Waals surface area contributed by atoms with Crippen LogP contribution in [0.25, 0.3) is 0 Å². The number of fused-ring (bicyclic) bond motifs is 1. The summed E-state index contributed by atoms with van der Waals surface area (Å²) in [4.78, 5) is 13.5. The minimum Gasteiger partial charge on any atom is -0.497 e. The van der Waals surface area contributed by atoms with Gasteiger partial charge in [0.15, 0.2) is 5.78 Å². The number of benzene rings is 1. The smallest absolute Gasteiger partial charge is 0.173 e. The van der Waals surface area contributed by atoms with Crippen molar-refractivity contribution in [2.75, 3.05) is 27.9 Å². The Kier molecular flexibility index (Phi) is 5.89. The molecule has 144 valence electrons. The molecule has 1 aliphatic heterocycles. The van der Waals surface area contributed by atoms with E-state index in [9.17, 15) is 4.79 Å². The van der Waals surface area contributed by atoms with Gasteiger partial charge in [0.2, 0.25) is 0 Å². The van der Waals surface area contributed by atoms with Gasteiger partial charge in [0.1, 0.15) is 23.0 Å². The number of ketones is 1. The highest BCUT2D eigenvalue weighted by atomic mass is 16.5. The van der Waals surface area contributed by atoms with Gasteiger partial charge >= 0.3 is 0 Å². The SMILES string of the molecule is COC1=C\CC/C=C2/C(=O)C(c3cc(OC)ccc3OC)CCO/C2=C/1C. The average molecular weight is 370 g/mol. The van der Waals surface area contributed by atoms with Crippen molar-refractivity contribution in [3.63, 3.8) is 0 Å². The second kappa shape index (κ2) is 8.33. The standard InChI is InChI=1S/C22H26O5/c1-14-19(25-3)8-6-5-7-17-21(23)16(11-12-27-22(14)17)18-13-15(24-2)9-10-20(18)26-4/h7-10,13,16H,5-6,11-12H2,1-4H3/b17-7-,19-8+,22-14+. The van der Waals surface area contributed by atoms with Crippen molar-refractivity contribution >= 4 is 5.78 Å². The second-order valence-corrected chi connectivity index (χ2v) is 6.58. The highest BCUT2D eigenvalue weighted by Gasteiger charge is 2.33. The summed E-state index contributed by atoms with van der Waals surface area (Å²) in [5, 5.41) is 0. The van der Waals surface area contributed by atoms with E-state index >= 15 is 0 Å². The topological polar surface area (TPSA) is 54.0 Å². The Bertz CT molecular complexity index is 816. The van der Waals surface area contributed by atoms with Crippen LogP contribution in [0.1, 0.15) is 37.7 Å². The van der Waals surface area contributed by atoms with Gasteiger partial charge in [-0.25, -0.2) is 0 Å². The van der Waals surface area contributed by atoms with E-state index < -0.39 is 0 Å². The van der Waals surface area contributed by atoms with E-state index in [1.807, 2.05) is 37.3 Å². The lowest BCUT2D eigenvalue weighted by Crippen LogP contribution is -2.16. The van der Waals surface area contributed by atoms with Crippen LogP contribution in [0.3, 0.4) is 0 Å². The fraction of sp³-hybridized carbons (Fsp3) is 0.409. The lowest BCUT2D eigenvalue weighted by molar-refractivity contribution is -0.116. The molecule has 1 aliphatic carbocycles. The molecule has 1 aromatic rings. The number of hydrogen-bond donors (Lipinski definition) is 0. The summed E-state index contributed by atoms with van der Waals surface area (Å²) in [6.07, 6.45) is 6.17. The summed E-state index contributed by atoms with van der Waals surface area (Å²) in [5.41, 5.74) is 2.31. The van der Waals surface area contributed by atoms with Gasteiger partial charge in [0.25, 0.3) is 0 Å². The highest BCUT2D eigenvalue weighted by Crippen LogP contribution is 2.39. The first-order chi connectivity index (χ1) is 13.1. The molecule has 3 rings (SSSR count). The van der Waals surface area contributed by atoms with Crippen LogP contribution in [-0.2, 0) is 14.3 Å². The summed E-state index contributed by atoms with van der Waals surface area (Å²) in [6.45, 7) is 2.38. The maximum absolute atomic E-state index is 13.5. The molecule has 0 amide bonds. The Balaban J connectivity index is 2.07. The van der Waals surface area contributed by atoms with Crippen molar-refractivity contribution in [2.45, 2.75) is 32.1 Å². The first kappa shape index (κ1) is 19.1. The number of carbonyl (C=O) groups is 1. The fourth-order valence-corrected chi connectivity index (χ4v) is 3.64. The van der Waals surface area contributed by atoms with Crippen LogP contribution in [-0.4, -0.2) is 33.7 Å². The summed E-state index contributed by atoms with van der Waals surface area (Å²) < 4.78 is 22.4. The van der Waals surface area contributed by atoms with Crippen molar-refractivity contribution in [3.8, 4) is 11.5 Å². The number of methoxy groups -OCH3 is 3. The van der Waals surface area contributed by atoms with Crippen LogP contribution >= 0.6 is 0 Å². The van der Waals surface area contributed by atoms with Crippen molar-refractivity contribution in [1.29, 1.82) is 0 Å². The Morgan fingerprint density at radius 2 is 1.81 bits per heavy atom. The summed E-state index contributed by atoms with van der Waals surface area (Å²) in [7, 11) is 4.87. The van der Waals surface area contributed by atoms with Crippen molar-refractivity contribution in [1.82, 2.24) is 0 Å². The predicted octanol–water partition coefficient (Wildman–Crippen LogP) is 4.30. The van der Waals surface area contributed by atoms with Crippen LogP contribution in [0, 0.1) is 0 Å². The van der Waals surface area contributed by atoms with Crippen LogP contribution in [0.15, 0.2) is 53.0 Å². The van der Waals surface area contributed by atoms with E-state index in [1.165, 1.54) is 0 Å². The van der Waals surface area contributed by atoms with Crippen molar-refractivity contribution < 1.29 is 23.7 Å². The Hall–Kier alpha value is -2.69. The zero-order valence-corrected chi connectivity index (χ0v) is 16.3. The molecule has 0 saturated carbocycles. The molecule has 1 saturated heterocycles. The maximum atomic E-state index is 13.5. The number of hydrogen-bond acceptors (Lipinski definition) is 5. The molecule has 0 radical (unpaired) electrons. The molecule has 1 atom stereocenters. The molecule has 1 aromatic carbocycles. The van der Waals surface area contributed by atoms with Gasteiger partial charge in [0.05, 0.1) is 39.4 Å². The zero-order valence-electron chi connectivity index (χ0n) is 16.3. The minimum atomic E-state index is -0.346. The van der Waals surface area contributed by atoms with Crippen LogP contribution in [0.5, 0.6) is 11.5 Å². The number of Topliss-reactive ketones (excluding diaryl/α,β-unsaturated/α-hetero) is 1. The van der Waals surface area contributed by atoms with Gasteiger partial charge in [-0.1, -0.05) is 6.08 Å². The molecule has 1 unspecified atom stereocenters.